The number of nitrogens with one attached hydrogen (secondary N) is 4. The van der Waals surface area contributed by atoms with E-state index in [0.717, 1.165) is 69.8 Å². The Kier molecular flexibility index (Phi) is 20.7. The lowest BCUT2D eigenvalue weighted by Crippen LogP contribution is -2.59. The summed E-state index contributed by atoms with van der Waals surface area (Å²) in [5.74, 6) is -3.46. The molecule has 0 bridgehead atoms. The number of hydrogen-bond donors (Lipinski definition) is 9. The van der Waals surface area contributed by atoms with Gasteiger partial charge in [0.2, 0.25) is 29.5 Å². The first-order valence-corrected chi connectivity index (χ1v) is 22.7. The lowest BCUT2D eigenvalue weighted by molar-refractivity contribution is -0.143. The summed E-state index contributed by atoms with van der Waals surface area (Å²) in [6, 6.07) is 3.44. The van der Waals surface area contributed by atoms with Crippen LogP contribution >= 0.6 is 0 Å². The minimum absolute atomic E-state index is 0.0803. The molecule has 0 unspecified atom stereocenters. The van der Waals surface area contributed by atoms with Crippen molar-refractivity contribution < 1.29 is 33.9 Å². The van der Waals surface area contributed by atoms with Gasteiger partial charge in [0.25, 0.3) is 0 Å². The number of aliphatic carboxylic acids is 1. The van der Waals surface area contributed by atoms with E-state index in [1.807, 2.05) is 30.3 Å². The Morgan fingerprint density at radius 3 is 1.82 bits per heavy atom. The summed E-state index contributed by atoms with van der Waals surface area (Å²) < 4.78 is 0. The van der Waals surface area contributed by atoms with E-state index in [2.05, 4.69) is 26.3 Å². The highest BCUT2D eigenvalue weighted by atomic mass is 16.4. The molecular weight excluding hydrogens is 781 g/mol. The van der Waals surface area contributed by atoms with E-state index in [-0.39, 0.29) is 30.8 Å². The molecule has 1 saturated heterocycles. The third-order valence-corrected chi connectivity index (χ3v) is 12.4. The zero-order valence-corrected chi connectivity index (χ0v) is 35.9. The number of aliphatic imine (C=N–C) groups is 1. The molecule has 17 heteroatoms. The summed E-state index contributed by atoms with van der Waals surface area (Å²) in [5.41, 5.74) is 23.8. The third kappa shape index (κ3) is 16.6. The highest BCUT2D eigenvalue weighted by Crippen LogP contribution is 2.30. The first kappa shape index (κ1) is 48.9. The number of amides is 5. The van der Waals surface area contributed by atoms with Crippen LogP contribution < -0.4 is 44.2 Å². The highest BCUT2D eigenvalue weighted by Gasteiger charge is 2.40. The number of guanidine groups is 1. The van der Waals surface area contributed by atoms with Gasteiger partial charge in [-0.25, -0.2) is 4.79 Å². The average Bonchev–Trinajstić information content (AvgIpc) is 3.75. The summed E-state index contributed by atoms with van der Waals surface area (Å²) in [6.45, 7) is 0.922. The number of carboxylic acid groups (broad SMARTS) is 1. The molecule has 6 atom stereocenters. The van der Waals surface area contributed by atoms with Crippen molar-refractivity contribution in [1.82, 2.24) is 26.2 Å². The SMILES string of the molecule is NCCCC[C@H](NC(=O)[C@@H](N)Cc1ccccc1)C(=O)N1CCC[C@H]1C(=O)N[C@H](CC1CCCCC1)C(=O)N[C@@H](CC1CCCCC1)C(=O)N[C@H](CCCN=C(N)N)C(=O)O. The molecule has 0 spiro atoms. The molecule has 13 N–H and O–H groups in total. The maximum absolute atomic E-state index is 14.4. The van der Waals surface area contributed by atoms with Gasteiger partial charge in [-0.15, -0.1) is 0 Å². The molecule has 340 valence electrons. The number of carbonyl (C=O) groups excluding carboxylic acids is 5. The Bertz CT molecular complexity index is 1600. The largest absolute Gasteiger partial charge is 0.480 e. The number of benzene rings is 1. The fourth-order valence-electron chi connectivity index (χ4n) is 9.04. The Labute approximate surface area is 360 Å². The fourth-order valence-corrected chi connectivity index (χ4v) is 9.04. The number of nitrogens with zero attached hydrogens (tertiary/aromatic N) is 2. The van der Waals surface area contributed by atoms with Crippen molar-refractivity contribution in [3.05, 3.63) is 35.9 Å². The predicted octanol–water partition coefficient (Wildman–Crippen LogP) is 1.69. The molecule has 0 aromatic heterocycles. The van der Waals surface area contributed by atoms with Crippen molar-refractivity contribution >= 4 is 41.5 Å². The van der Waals surface area contributed by atoms with Crippen LogP contribution in [0.2, 0.25) is 0 Å². The number of carbonyl (C=O) groups is 6. The number of likely N-dealkylation sites (tertiary alicyclic amines) is 1. The number of carboxylic acids is 1. The van der Waals surface area contributed by atoms with Crippen LogP contribution in [0, 0.1) is 11.8 Å². The minimum atomic E-state index is -1.22. The molecular formula is C44H72N10O7. The monoisotopic (exact) mass is 853 g/mol. The van der Waals surface area contributed by atoms with Crippen LogP contribution in [0.15, 0.2) is 35.3 Å². The first-order chi connectivity index (χ1) is 29.4. The van der Waals surface area contributed by atoms with E-state index < -0.39 is 71.8 Å². The molecule has 61 heavy (non-hydrogen) atoms. The van der Waals surface area contributed by atoms with Crippen molar-refractivity contribution in [2.45, 2.75) is 165 Å². The van der Waals surface area contributed by atoms with E-state index in [4.69, 9.17) is 22.9 Å². The van der Waals surface area contributed by atoms with Gasteiger partial charge >= 0.3 is 5.97 Å². The zero-order valence-electron chi connectivity index (χ0n) is 35.9. The molecule has 3 aliphatic rings. The van der Waals surface area contributed by atoms with Gasteiger partial charge < -0.3 is 54.2 Å². The molecule has 1 heterocycles. The Hall–Kier alpha value is -4.77. The zero-order chi connectivity index (χ0) is 44.1. The first-order valence-electron chi connectivity index (χ1n) is 22.7. The number of nitrogens with two attached hydrogens (primary N) is 4. The van der Waals surface area contributed by atoms with E-state index in [0.29, 0.717) is 70.9 Å². The maximum Gasteiger partial charge on any atom is 0.326 e. The molecule has 4 rings (SSSR count). The third-order valence-electron chi connectivity index (χ3n) is 12.4. The summed E-state index contributed by atoms with van der Waals surface area (Å²) >= 11 is 0. The topological polar surface area (TPSA) is 290 Å². The van der Waals surface area contributed by atoms with Crippen LogP contribution in [-0.4, -0.2) is 107 Å². The van der Waals surface area contributed by atoms with Gasteiger partial charge in [-0.2, -0.15) is 0 Å². The molecule has 1 aromatic rings. The van der Waals surface area contributed by atoms with E-state index >= 15 is 0 Å². The Balaban J connectivity index is 1.50. The van der Waals surface area contributed by atoms with Crippen molar-refractivity contribution in [3.63, 3.8) is 0 Å². The highest BCUT2D eigenvalue weighted by molar-refractivity contribution is 5.96. The Morgan fingerprint density at radius 1 is 0.689 bits per heavy atom. The molecule has 2 aliphatic carbocycles. The lowest BCUT2D eigenvalue weighted by atomic mass is 9.83. The summed E-state index contributed by atoms with van der Waals surface area (Å²) in [7, 11) is 0. The predicted molar refractivity (Wildman–Crippen MR) is 233 cm³/mol. The maximum atomic E-state index is 14.4. The standard InChI is InChI=1S/C44H72N10O7/c45-23-11-10-20-33(50-38(55)32(46)26-29-14-4-1-5-15-29)42(59)54-25-13-22-37(54)41(58)53-36(28-31-18-8-3-9-19-31)40(57)52-35(27-30-16-6-2-7-17-30)39(56)51-34(43(60)61)21-12-24-49-44(47)48/h1,4-5,14-15,30-37H,2-3,6-13,16-28,45-46H2,(H,50,55)(H,51,56)(H,52,57)(H,53,58)(H,60,61)(H4,47,48,49)/t32-,33-,34+,35-,36+,37-/m0/s1. The Morgan fingerprint density at radius 2 is 1.25 bits per heavy atom. The molecule has 1 aliphatic heterocycles. The average molecular weight is 853 g/mol. The minimum Gasteiger partial charge on any atom is -0.480 e. The fraction of sp³-hybridized carbons (Fsp3) is 0.705. The molecule has 1 aromatic carbocycles. The molecule has 2 saturated carbocycles. The number of hydrogen-bond acceptors (Lipinski definition) is 9. The van der Waals surface area contributed by atoms with E-state index in [1.165, 1.54) is 4.90 Å². The molecule has 5 amide bonds. The summed E-state index contributed by atoms with van der Waals surface area (Å²) in [4.78, 5) is 87.8. The molecule has 0 radical (unpaired) electrons. The van der Waals surface area contributed by atoms with Crippen molar-refractivity contribution in [2.24, 2.45) is 39.8 Å². The molecule has 3 fully saturated rings. The van der Waals surface area contributed by atoms with Crippen molar-refractivity contribution in [1.29, 1.82) is 0 Å². The second-order valence-electron chi connectivity index (χ2n) is 17.3. The quantitative estimate of drug-likeness (QED) is 0.0410. The number of rotatable bonds is 24. The molecule has 17 nitrogen and oxygen atoms in total. The van der Waals surface area contributed by atoms with E-state index in [9.17, 15) is 33.9 Å². The second kappa shape index (κ2) is 25.9. The van der Waals surface area contributed by atoms with Gasteiger partial charge in [-0.3, -0.25) is 29.0 Å². The van der Waals surface area contributed by atoms with Gasteiger partial charge in [-0.1, -0.05) is 94.5 Å². The second-order valence-corrected chi connectivity index (χ2v) is 17.3. The van der Waals surface area contributed by atoms with Crippen molar-refractivity contribution in [3.8, 4) is 0 Å². The van der Waals surface area contributed by atoms with Crippen LogP contribution in [0.3, 0.4) is 0 Å². The number of unbranched alkanes of at least 4 members (excludes halogenated alkanes) is 1. The van der Waals surface area contributed by atoms with Gasteiger partial charge in [0.15, 0.2) is 5.96 Å². The van der Waals surface area contributed by atoms with Crippen LogP contribution in [-0.2, 0) is 35.2 Å². The van der Waals surface area contributed by atoms with Crippen LogP contribution in [0.4, 0.5) is 0 Å². The van der Waals surface area contributed by atoms with Gasteiger partial charge in [0.05, 0.1) is 6.04 Å². The lowest BCUT2D eigenvalue weighted by Gasteiger charge is -2.32. The van der Waals surface area contributed by atoms with Crippen LogP contribution in [0.5, 0.6) is 0 Å². The van der Waals surface area contributed by atoms with Gasteiger partial charge in [-0.05, 0) is 88.2 Å². The summed E-state index contributed by atoms with van der Waals surface area (Å²) in [6.07, 6.45) is 13.6. The van der Waals surface area contributed by atoms with Crippen LogP contribution in [0.1, 0.15) is 128 Å². The van der Waals surface area contributed by atoms with Crippen LogP contribution in [0.25, 0.3) is 0 Å². The van der Waals surface area contributed by atoms with Gasteiger partial charge in [0.1, 0.15) is 30.2 Å². The van der Waals surface area contributed by atoms with Crippen molar-refractivity contribution in [2.75, 3.05) is 19.6 Å². The normalized spacial score (nSPS) is 19.7. The van der Waals surface area contributed by atoms with Gasteiger partial charge in [0, 0.05) is 13.1 Å². The van der Waals surface area contributed by atoms with E-state index in [1.54, 1.807) is 0 Å². The summed E-state index contributed by atoms with van der Waals surface area (Å²) in [5, 5.41) is 21.4. The smallest absolute Gasteiger partial charge is 0.326 e.